The third-order valence-corrected chi connectivity index (χ3v) is 2.77. The van der Waals surface area contributed by atoms with E-state index in [1.54, 1.807) is 6.07 Å². The maximum Gasteiger partial charge on any atom is 0.416 e. The second-order valence-corrected chi connectivity index (χ2v) is 3.94. The lowest BCUT2D eigenvalue weighted by Gasteiger charge is -2.24. The Bertz CT molecular complexity index is 371. The van der Waals surface area contributed by atoms with Crippen LogP contribution in [0.1, 0.15) is 29.5 Å². The molecule has 0 bridgehead atoms. The number of nitrogens with one attached hydrogen (secondary N) is 1. The monoisotopic (exact) mass is 215 g/mol. The van der Waals surface area contributed by atoms with Gasteiger partial charge in [-0.3, -0.25) is 0 Å². The number of hydrogen-bond donors (Lipinski definition) is 1. The molecule has 0 unspecified atom stereocenters. The van der Waals surface area contributed by atoms with Crippen LogP contribution in [0.2, 0.25) is 0 Å². The smallest absolute Gasteiger partial charge is 0.312 e. The van der Waals surface area contributed by atoms with Crippen molar-refractivity contribution < 1.29 is 13.2 Å². The van der Waals surface area contributed by atoms with Crippen LogP contribution in [-0.2, 0) is 12.7 Å². The van der Waals surface area contributed by atoms with E-state index < -0.39 is 11.7 Å². The van der Waals surface area contributed by atoms with Gasteiger partial charge in [0.05, 0.1) is 5.56 Å². The van der Waals surface area contributed by atoms with Crippen molar-refractivity contribution in [3.8, 4) is 0 Å². The van der Waals surface area contributed by atoms with Crippen molar-refractivity contribution in [2.75, 3.05) is 6.54 Å². The summed E-state index contributed by atoms with van der Waals surface area (Å²) >= 11 is 0. The van der Waals surface area contributed by atoms with E-state index in [1.165, 1.54) is 12.1 Å². The minimum Gasteiger partial charge on any atom is -0.312 e. The van der Waals surface area contributed by atoms with Crippen molar-refractivity contribution in [3.63, 3.8) is 0 Å². The van der Waals surface area contributed by atoms with Gasteiger partial charge in [0.15, 0.2) is 0 Å². The minimum atomic E-state index is -4.24. The molecule has 1 atom stereocenters. The quantitative estimate of drug-likeness (QED) is 0.701. The van der Waals surface area contributed by atoms with Gasteiger partial charge in [0.2, 0.25) is 0 Å². The summed E-state index contributed by atoms with van der Waals surface area (Å²) in [6, 6.07) is 4.02. The molecule has 1 aliphatic rings. The number of rotatable bonds is 0. The lowest BCUT2D eigenvalue weighted by molar-refractivity contribution is -0.137. The highest BCUT2D eigenvalue weighted by molar-refractivity contribution is 5.37. The van der Waals surface area contributed by atoms with E-state index in [2.05, 4.69) is 5.32 Å². The van der Waals surface area contributed by atoms with E-state index in [4.69, 9.17) is 0 Å². The fourth-order valence-electron chi connectivity index (χ4n) is 1.95. The Balaban J connectivity index is 2.42. The van der Waals surface area contributed by atoms with E-state index in [0.717, 1.165) is 17.7 Å². The average Bonchev–Trinajstić information content (AvgIpc) is 2.16. The molecule has 0 aromatic heterocycles. The van der Waals surface area contributed by atoms with Crippen LogP contribution in [0.25, 0.3) is 0 Å². The van der Waals surface area contributed by atoms with Crippen LogP contribution in [0.3, 0.4) is 0 Å². The summed E-state index contributed by atoms with van der Waals surface area (Å²) in [5, 5.41) is 3.10. The van der Waals surface area contributed by atoms with Crippen molar-refractivity contribution in [2.24, 2.45) is 0 Å². The van der Waals surface area contributed by atoms with Crippen LogP contribution < -0.4 is 5.32 Å². The zero-order valence-electron chi connectivity index (χ0n) is 8.36. The summed E-state index contributed by atoms with van der Waals surface area (Å²) in [7, 11) is 0. The standard InChI is InChI=1S/C11H12F3N/c1-7-5-15-6-8-4-9(11(12,13)14)2-3-10(7)8/h2-4,7,15H,5-6H2,1H3/t7-/m1/s1. The highest BCUT2D eigenvalue weighted by atomic mass is 19.4. The first-order chi connectivity index (χ1) is 6.98. The van der Waals surface area contributed by atoms with Crippen LogP contribution in [0, 0.1) is 0 Å². The van der Waals surface area contributed by atoms with Gasteiger partial charge in [-0.25, -0.2) is 0 Å². The van der Waals surface area contributed by atoms with Crippen molar-refractivity contribution in [1.29, 1.82) is 0 Å². The van der Waals surface area contributed by atoms with Gasteiger partial charge in [-0.15, -0.1) is 0 Å². The fourth-order valence-corrected chi connectivity index (χ4v) is 1.95. The summed E-state index contributed by atoms with van der Waals surface area (Å²) in [5.41, 5.74) is 1.24. The second kappa shape index (κ2) is 3.52. The molecule has 1 heterocycles. The Kier molecular flexibility index (Phi) is 2.46. The van der Waals surface area contributed by atoms with Crippen molar-refractivity contribution >= 4 is 0 Å². The van der Waals surface area contributed by atoms with Crippen LogP contribution in [-0.4, -0.2) is 6.54 Å². The number of fused-ring (bicyclic) bond motifs is 1. The first-order valence-electron chi connectivity index (χ1n) is 4.89. The van der Waals surface area contributed by atoms with Crippen LogP contribution >= 0.6 is 0 Å². The zero-order chi connectivity index (χ0) is 11.1. The predicted molar refractivity (Wildman–Crippen MR) is 51.6 cm³/mol. The number of hydrogen-bond acceptors (Lipinski definition) is 1. The predicted octanol–water partition coefficient (Wildman–Crippen LogP) is 2.91. The molecule has 82 valence electrons. The normalized spacial score (nSPS) is 21.2. The maximum atomic E-state index is 12.4. The van der Waals surface area contributed by atoms with E-state index in [9.17, 15) is 13.2 Å². The highest BCUT2D eigenvalue weighted by Gasteiger charge is 2.31. The molecule has 0 spiro atoms. The third-order valence-electron chi connectivity index (χ3n) is 2.77. The Morgan fingerprint density at radius 1 is 1.33 bits per heavy atom. The number of benzene rings is 1. The van der Waals surface area contributed by atoms with Gasteiger partial charge in [0, 0.05) is 13.1 Å². The summed E-state index contributed by atoms with van der Waals surface area (Å²) in [6.07, 6.45) is -4.24. The van der Waals surface area contributed by atoms with Gasteiger partial charge in [0.25, 0.3) is 0 Å². The zero-order valence-corrected chi connectivity index (χ0v) is 8.36. The first kappa shape index (κ1) is 10.5. The van der Waals surface area contributed by atoms with E-state index in [0.29, 0.717) is 6.54 Å². The molecule has 0 saturated heterocycles. The summed E-state index contributed by atoms with van der Waals surface area (Å²) in [6.45, 7) is 3.38. The Morgan fingerprint density at radius 2 is 2.07 bits per heavy atom. The van der Waals surface area contributed by atoms with Gasteiger partial charge in [-0.2, -0.15) is 13.2 Å². The van der Waals surface area contributed by atoms with Crippen molar-refractivity contribution in [3.05, 3.63) is 34.9 Å². The minimum absolute atomic E-state index is 0.288. The lowest BCUT2D eigenvalue weighted by atomic mass is 9.91. The highest BCUT2D eigenvalue weighted by Crippen LogP contribution is 2.33. The topological polar surface area (TPSA) is 12.0 Å². The molecule has 1 aliphatic heterocycles. The maximum absolute atomic E-state index is 12.4. The lowest BCUT2D eigenvalue weighted by Crippen LogP contribution is -2.27. The van der Waals surface area contributed by atoms with Gasteiger partial charge >= 0.3 is 6.18 Å². The molecule has 15 heavy (non-hydrogen) atoms. The third kappa shape index (κ3) is 2.00. The van der Waals surface area contributed by atoms with E-state index in [-0.39, 0.29) is 5.92 Å². The summed E-state index contributed by atoms with van der Waals surface area (Å²) < 4.78 is 37.3. The Hall–Kier alpha value is -1.03. The molecule has 1 N–H and O–H groups in total. The SMILES string of the molecule is C[C@@H]1CNCc2cc(C(F)(F)F)ccc21. The van der Waals surface area contributed by atoms with Gasteiger partial charge in [-0.05, 0) is 29.2 Å². The molecule has 0 aliphatic carbocycles. The van der Waals surface area contributed by atoms with Crippen molar-refractivity contribution in [2.45, 2.75) is 25.6 Å². The molecule has 1 nitrogen and oxygen atoms in total. The molecule has 0 amide bonds. The van der Waals surface area contributed by atoms with Crippen LogP contribution in [0.5, 0.6) is 0 Å². The molecule has 0 saturated carbocycles. The van der Waals surface area contributed by atoms with Crippen LogP contribution in [0.15, 0.2) is 18.2 Å². The molecular formula is C11H12F3N. The fraction of sp³-hybridized carbons (Fsp3) is 0.455. The molecule has 2 rings (SSSR count). The van der Waals surface area contributed by atoms with Gasteiger partial charge in [0.1, 0.15) is 0 Å². The van der Waals surface area contributed by atoms with Crippen LogP contribution in [0.4, 0.5) is 13.2 Å². The summed E-state index contributed by atoms with van der Waals surface area (Å²) in [5.74, 6) is 0.288. The van der Waals surface area contributed by atoms with E-state index >= 15 is 0 Å². The molecule has 4 heteroatoms. The number of halogens is 3. The molecule has 1 aromatic carbocycles. The number of alkyl halides is 3. The van der Waals surface area contributed by atoms with Gasteiger partial charge in [-0.1, -0.05) is 13.0 Å². The average molecular weight is 215 g/mol. The second-order valence-electron chi connectivity index (χ2n) is 3.94. The van der Waals surface area contributed by atoms with Gasteiger partial charge < -0.3 is 5.32 Å². The molecule has 1 aromatic rings. The molecular weight excluding hydrogens is 203 g/mol. The molecule has 0 radical (unpaired) electrons. The Morgan fingerprint density at radius 3 is 2.73 bits per heavy atom. The Labute approximate surface area is 86.3 Å². The first-order valence-corrected chi connectivity index (χ1v) is 4.89. The molecule has 0 fully saturated rings. The van der Waals surface area contributed by atoms with E-state index in [1.807, 2.05) is 6.92 Å². The summed E-state index contributed by atoms with van der Waals surface area (Å²) in [4.78, 5) is 0. The largest absolute Gasteiger partial charge is 0.416 e. The van der Waals surface area contributed by atoms with Crippen molar-refractivity contribution in [1.82, 2.24) is 5.32 Å².